The van der Waals surface area contributed by atoms with Crippen molar-refractivity contribution in [2.75, 3.05) is 0 Å². The molecule has 0 unspecified atom stereocenters. The Kier molecular flexibility index (Phi) is 8.69. The van der Waals surface area contributed by atoms with Gasteiger partial charge in [0.25, 0.3) is 0 Å². The molecule has 4 rings (SSSR count). The van der Waals surface area contributed by atoms with Crippen molar-refractivity contribution in [2.45, 2.75) is 32.6 Å². The highest BCUT2D eigenvalue weighted by Gasteiger charge is 2.30. The van der Waals surface area contributed by atoms with E-state index in [1.807, 2.05) is 24.3 Å². The minimum atomic E-state index is -4.40. The fourth-order valence-corrected chi connectivity index (χ4v) is 3.28. The molecule has 0 spiro atoms. The Morgan fingerprint density at radius 2 is 0.811 bits per heavy atom. The largest absolute Gasteiger partial charge is 0.416 e. The molecule has 0 N–H and O–H groups in total. The average molecular weight is 509 g/mol. The smallest absolute Gasteiger partial charge is 0.166 e. The lowest BCUT2D eigenvalue weighted by Crippen LogP contribution is -2.04. The second kappa shape index (κ2) is 11.7. The Morgan fingerprint density at radius 1 is 0.486 bits per heavy atom. The van der Waals surface area contributed by atoms with Crippen LogP contribution >= 0.6 is 0 Å². The molecule has 37 heavy (non-hydrogen) atoms. The summed E-state index contributed by atoms with van der Waals surface area (Å²) in [4.78, 5) is 0. The predicted molar refractivity (Wildman–Crippen MR) is 135 cm³/mol. The SMILES string of the molecule is CCC.FC(F)(F)c1ccc(C#Cc2ccc(C#Cc3ccc(C(F)(F)F)cc3)c3ccccc23)cc1. The zero-order chi connectivity index (χ0) is 27.1. The van der Waals surface area contributed by atoms with Gasteiger partial charge in [-0.3, -0.25) is 0 Å². The number of benzene rings is 4. The van der Waals surface area contributed by atoms with E-state index >= 15 is 0 Å². The lowest BCUT2D eigenvalue weighted by molar-refractivity contribution is -0.138. The monoisotopic (exact) mass is 508 g/mol. The first kappa shape index (κ1) is 27.4. The van der Waals surface area contributed by atoms with E-state index in [1.54, 1.807) is 12.1 Å². The molecule has 0 aliphatic rings. The molecular weight excluding hydrogens is 486 g/mol. The summed E-state index contributed by atoms with van der Waals surface area (Å²) in [7, 11) is 0. The van der Waals surface area contributed by atoms with E-state index in [4.69, 9.17) is 0 Å². The van der Waals surface area contributed by atoms with Crippen LogP contribution in [-0.2, 0) is 12.4 Å². The van der Waals surface area contributed by atoms with Gasteiger partial charge in [0.15, 0.2) is 0 Å². The Hall–Kier alpha value is -4.16. The van der Waals surface area contributed by atoms with Crippen LogP contribution in [0.1, 0.15) is 53.6 Å². The first-order valence-electron chi connectivity index (χ1n) is 11.4. The third-order valence-corrected chi connectivity index (χ3v) is 5.03. The van der Waals surface area contributed by atoms with Crippen molar-refractivity contribution in [3.8, 4) is 23.7 Å². The van der Waals surface area contributed by atoms with Crippen molar-refractivity contribution < 1.29 is 26.3 Å². The average Bonchev–Trinajstić information content (AvgIpc) is 2.86. The van der Waals surface area contributed by atoms with Gasteiger partial charge in [-0.05, 0) is 71.4 Å². The van der Waals surface area contributed by atoms with Gasteiger partial charge in [0.05, 0.1) is 11.1 Å². The van der Waals surface area contributed by atoms with Crippen molar-refractivity contribution in [3.63, 3.8) is 0 Å². The molecule has 0 nitrogen and oxygen atoms in total. The maximum Gasteiger partial charge on any atom is 0.416 e. The highest BCUT2D eigenvalue weighted by Crippen LogP contribution is 2.30. The van der Waals surface area contributed by atoms with Gasteiger partial charge in [0, 0.05) is 22.3 Å². The van der Waals surface area contributed by atoms with E-state index in [2.05, 4.69) is 37.5 Å². The molecule has 0 aromatic heterocycles. The number of rotatable bonds is 0. The van der Waals surface area contributed by atoms with E-state index < -0.39 is 23.5 Å². The highest BCUT2D eigenvalue weighted by molar-refractivity contribution is 5.93. The molecule has 0 fully saturated rings. The molecule has 188 valence electrons. The van der Waals surface area contributed by atoms with Crippen LogP contribution < -0.4 is 0 Å². The lowest BCUT2D eigenvalue weighted by Gasteiger charge is -2.06. The van der Waals surface area contributed by atoms with Gasteiger partial charge in [0.2, 0.25) is 0 Å². The van der Waals surface area contributed by atoms with Gasteiger partial charge in [-0.1, -0.05) is 68.2 Å². The van der Waals surface area contributed by atoms with Gasteiger partial charge >= 0.3 is 12.4 Å². The summed E-state index contributed by atoms with van der Waals surface area (Å²) in [6.07, 6.45) is -7.56. The van der Waals surface area contributed by atoms with Crippen LogP contribution in [-0.4, -0.2) is 0 Å². The molecule has 0 atom stereocenters. The lowest BCUT2D eigenvalue weighted by atomic mass is 9.99. The number of halogens is 6. The fourth-order valence-electron chi connectivity index (χ4n) is 3.28. The summed E-state index contributed by atoms with van der Waals surface area (Å²) in [6, 6.07) is 20.1. The molecule has 6 heteroatoms. The maximum atomic E-state index is 12.7. The van der Waals surface area contributed by atoms with E-state index in [0.717, 1.165) is 35.0 Å². The minimum absolute atomic E-state index is 0.447. The summed E-state index contributed by atoms with van der Waals surface area (Å²) in [5, 5.41) is 1.61. The number of hydrogen-bond acceptors (Lipinski definition) is 0. The second-order valence-corrected chi connectivity index (χ2v) is 8.06. The quantitative estimate of drug-likeness (QED) is 0.164. The van der Waals surface area contributed by atoms with Crippen LogP contribution in [0.2, 0.25) is 0 Å². The van der Waals surface area contributed by atoms with Gasteiger partial charge in [-0.15, -0.1) is 0 Å². The van der Waals surface area contributed by atoms with Crippen LogP contribution in [0.5, 0.6) is 0 Å². The second-order valence-electron chi connectivity index (χ2n) is 8.06. The zero-order valence-corrected chi connectivity index (χ0v) is 20.1. The molecule has 4 aromatic rings. The topological polar surface area (TPSA) is 0 Å². The number of fused-ring (bicyclic) bond motifs is 1. The standard InChI is InChI=1S/C28H14F6.C3H8/c29-27(30,31)23-15-7-19(8-16-23)5-11-21-13-14-22(26-4-2-1-3-25(21)26)12-6-20-9-17-24(18-10-20)28(32,33)34;1-3-2/h1-4,7-10,13-18H;3H2,1-2H3. The molecule has 4 aromatic carbocycles. The van der Waals surface area contributed by atoms with Crippen molar-refractivity contribution in [1.82, 2.24) is 0 Å². The first-order valence-corrected chi connectivity index (χ1v) is 11.4. The van der Waals surface area contributed by atoms with E-state index in [0.29, 0.717) is 22.3 Å². The molecule has 0 aliphatic carbocycles. The summed E-state index contributed by atoms with van der Waals surface area (Å²) >= 11 is 0. The molecule has 0 aliphatic heterocycles. The molecule has 0 saturated heterocycles. The summed E-state index contributed by atoms with van der Waals surface area (Å²) in [5.74, 6) is 11.8. The Labute approximate surface area is 212 Å². The van der Waals surface area contributed by atoms with Crippen LogP contribution in [0.4, 0.5) is 26.3 Å². The maximum absolute atomic E-state index is 12.7. The van der Waals surface area contributed by atoms with Crippen LogP contribution in [0.15, 0.2) is 84.9 Å². The van der Waals surface area contributed by atoms with Gasteiger partial charge in [0.1, 0.15) is 0 Å². The Balaban J connectivity index is 0.00000121. The first-order chi connectivity index (χ1) is 17.5. The zero-order valence-electron chi connectivity index (χ0n) is 20.1. The predicted octanol–water partition coefficient (Wildman–Crippen LogP) is 9.09. The van der Waals surface area contributed by atoms with Crippen molar-refractivity contribution in [3.05, 3.63) is 118 Å². The van der Waals surface area contributed by atoms with Crippen molar-refractivity contribution >= 4 is 10.8 Å². The molecule has 0 saturated carbocycles. The molecule has 0 heterocycles. The molecule has 0 amide bonds. The van der Waals surface area contributed by atoms with Crippen LogP contribution in [0.3, 0.4) is 0 Å². The minimum Gasteiger partial charge on any atom is -0.166 e. The third-order valence-electron chi connectivity index (χ3n) is 5.03. The van der Waals surface area contributed by atoms with Gasteiger partial charge < -0.3 is 0 Å². The van der Waals surface area contributed by atoms with Gasteiger partial charge in [-0.2, -0.15) is 26.3 Å². The Morgan fingerprint density at radius 3 is 1.11 bits per heavy atom. The fraction of sp³-hybridized carbons (Fsp3) is 0.161. The molecular formula is C31H22F6. The normalized spacial score (nSPS) is 10.9. The van der Waals surface area contributed by atoms with Crippen molar-refractivity contribution in [1.29, 1.82) is 0 Å². The summed E-state index contributed by atoms with van der Waals surface area (Å²) in [5.41, 5.74) is 0.775. The van der Waals surface area contributed by atoms with Crippen molar-refractivity contribution in [2.24, 2.45) is 0 Å². The van der Waals surface area contributed by atoms with Crippen LogP contribution in [0, 0.1) is 23.7 Å². The van der Waals surface area contributed by atoms with E-state index in [9.17, 15) is 26.3 Å². The molecule has 0 radical (unpaired) electrons. The van der Waals surface area contributed by atoms with E-state index in [1.165, 1.54) is 30.7 Å². The highest BCUT2D eigenvalue weighted by atomic mass is 19.4. The number of hydrogen-bond donors (Lipinski definition) is 0. The number of alkyl halides is 6. The van der Waals surface area contributed by atoms with E-state index in [-0.39, 0.29) is 0 Å². The summed E-state index contributed by atoms with van der Waals surface area (Å²) < 4.78 is 76.4. The van der Waals surface area contributed by atoms with Gasteiger partial charge in [-0.25, -0.2) is 0 Å². The Bertz CT molecular complexity index is 1350. The third kappa shape index (κ3) is 7.41. The molecule has 0 bridgehead atoms. The summed E-state index contributed by atoms with van der Waals surface area (Å²) in [6.45, 7) is 4.25. The van der Waals surface area contributed by atoms with Crippen LogP contribution in [0.25, 0.3) is 10.8 Å².